The zero-order chi connectivity index (χ0) is 15.6. The zero-order valence-corrected chi connectivity index (χ0v) is 13.4. The molecule has 0 fully saturated rings. The van der Waals surface area contributed by atoms with E-state index in [0.717, 1.165) is 0 Å². The number of methoxy groups -OCH3 is 1. The van der Waals surface area contributed by atoms with Gasteiger partial charge in [0, 0.05) is 5.56 Å². The van der Waals surface area contributed by atoms with Gasteiger partial charge in [0.1, 0.15) is 5.15 Å². The van der Waals surface area contributed by atoms with E-state index in [9.17, 15) is 8.78 Å². The maximum Gasteiger partial charge on any atom is 0.387 e. The minimum absolute atomic E-state index is 0.0923. The maximum atomic E-state index is 12.4. The third kappa shape index (κ3) is 3.59. The van der Waals surface area contributed by atoms with Gasteiger partial charge in [0.05, 0.1) is 17.3 Å². The number of alkyl halides is 2. The Balaban J connectivity index is 2.49. The van der Waals surface area contributed by atoms with Crippen LogP contribution in [-0.4, -0.2) is 23.7 Å². The van der Waals surface area contributed by atoms with Crippen LogP contribution in [0, 0.1) is 6.92 Å². The lowest BCUT2D eigenvalue weighted by atomic mass is 10.2. The Kier molecular flexibility index (Phi) is 4.95. The first-order chi connectivity index (χ1) is 9.92. The molecule has 0 aliphatic heterocycles. The van der Waals surface area contributed by atoms with Gasteiger partial charge in [-0.05, 0) is 41.1 Å². The van der Waals surface area contributed by atoms with Crippen molar-refractivity contribution in [1.82, 2.24) is 9.97 Å². The summed E-state index contributed by atoms with van der Waals surface area (Å²) in [4.78, 5) is 8.36. The summed E-state index contributed by atoms with van der Waals surface area (Å²) >= 11 is 9.23. The predicted octanol–water partition coefficient (Wildman–Crippen LogP) is 4.48. The summed E-state index contributed by atoms with van der Waals surface area (Å²) in [6.07, 6.45) is 0. The van der Waals surface area contributed by atoms with Gasteiger partial charge in [-0.2, -0.15) is 8.78 Å². The predicted molar refractivity (Wildman–Crippen MR) is 78.1 cm³/mol. The van der Waals surface area contributed by atoms with Gasteiger partial charge in [-0.1, -0.05) is 11.6 Å². The van der Waals surface area contributed by atoms with Gasteiger partial charge in [0.25, 0.3) is 0 Å². The second-order valence-corrected chi connectivity index (χ2v) is 5.13. The van der Waals surface area contributed by atoms with Crippen LogP contribution in [0.5, 0.6) is 11.5 Å². The molecule has 1 aromatic heterocycles. The number of hydrogen-bond acceptors (Lipinski definition) is 4. The van der Waals surface area contributed by atoms with Gasteiger partial charge in [-0.25, -0.2) is 9.97 Å². The number of aromatic nitrogens is 2. The zero-order valence-electron chi connectivity index (χ0n) is 11.0. The van der Waals surface area contributed by atoms with Gasteiger partial charge in [0.2, 0.25) is 0 Å². The van der Waals surface area contributed by atoms with Crippen LogP contribution in [0.25, 0.3) is 11.4 Å². The lowest BCUT2D eigenvalue weighted by Crippen LogP contribution is -2.04. The largest absolute Gasteiger partial charge is 0.493 e. The van der Waals surface area contributed by atoms with E-state index >= 15 is 0 Å². The fraction of sp³-hybridized carbons (Fsp3) is 0.231. The van der Waals surface area contributed by atoms with E-state index in [1.165, 1.54) is 19.2 Å². The first-order valence-corrected chi connectivity index (χ1v) is 6.92. The molecular formula is C13H10BrClF2N2O2. The maximum absolute atomic E-state index is 12.4. The molecule has 0 aliphatic rings. The first-order valence-electron chi connectivity index (χ1n) is 5.75. The molecule has 8 heteroatoms. The molecule has 0 aliphatic carbocycles. The Labute approximate surface area is 133 Å². The fourth-order valence-electron chi connectivity index (χ4n) is 1.66. The number of rotatable bonds is 4. The molecule has 2 rings (SSSR count). The van der Waals surface area contributed by atoms with Gasteiger partial charge in [0.15, 0.2) is 17.3 Å². The molecule has 0 saturated carbocycles. The molecule has 21 heavy (non-hydrogen) atoms. The van der Waals surface area contributed by atoms with Gasteiger partial charge in [-0.15, -0.1) is 0 Å². The number of nitrogens with zero attached hydrogens (tertiary/aromatic N) is 2. The lowest BCUT2D eigenvalue weighted by Gasteiger charge is -2.11. The minimum Gasteiger partial charge on any atom is -0.493 e. The summed E-state index contributed by atoms with van der Waals surface area (Å²) < 4.78 is 34.8. The highest BCUT2D eigenvalue weighted by atomic mass is 79.9. The molecule has 0 bridgehead atoms. The molecule has 1 aromatic carbocycles. The van der Waals surface area contributed by atoms with E-state index in [4.69, 9.17) is 16.3 Å². The second-order valence-electron chi connectivity index (χ2n) is 3.98. The SMILES string of the molecule is COc1ccc(-c2nc(C)c(Br)c(Cl)n2)cc1OC(F)F. The molecule has 0 atom stereocenters. The van der Waals surface area contributed by atoms with Crippen LogP contribution < -0.4 is 9.47 Å². The lowest BCUT2D eigenvalue weighted by molar-refractivity contribution is -0.0511. The van der Waals surface area contributed by atoms with Gasteiger partial charge < -0.3 is 9.47 Å². The summed E-state index contributed by atoms with van der Waals surface area (Å²) in [7, 11) is 1.37. The third-order valence-corrected chi connectivity index (χ3v) is 4.07. The molecule has 0 amide bonds. The van der Waals surface area contributed by atoms with Crippen LogP contribution in [0.15, 0.2) is 22.7 Å². The van der Waals surface area contributed by atoms with Crippen molar-refractivity contribution in [2.75, 3.05) is 7.11 Å². The average Bonchev–Trinajstić information content (AvgIpc) is 2.43. The van der Waals surface area contributed by atoms with Crippen LogP contribution in [0.4, 0.5) is 8.78 Å². The Morgan fingerprint density at radius 2 is 1.95 bits per heavy atom. The van der Waals surface area contributed by atoms with Crippen molar-refractivity contribution in [2.24, 2.45) is 0 Å². The molecule has 0 N–H and O–H groups in total. The van der Waals surface area contributed by atoms with Gasteiger partial charge in [-0.3, -0.25) is 0 Å². The average molecular weight is 380 g/mol. The van der Waals surface area contributed by atoms with E-state index in [1.807, 2.05) is 0 Å². The Morgan fingerprint density at radius 1 is 1.24 bits per heavy atom. The fourth-order valence-corrected chi connectivity index (χ4v) is 2.05. The number of benzene rings is 1. The summed E-state index contributed by atoms with van der Waals surface area (Å²) in [5, 5.41) is 0.240. The highest BCUT2D eigenvalue weighted by molar-refractivity contribution is 9.10. The topological polar surface area (TPSA) is 44.2 Å². The van der Waals surface area contributed by atoms with Crippen LogP contribution in [0.3, 0.4) is 0 Å². The van der Waals surface area contributed by atoms with Crippen LogP contribution >= 0.6 is 27.5 Å². The van der Waals surface area contributed by atoms with Gasteiger partial charge >= 0.3 is 6.61 Å². The molecule has 4 nitrogen and oxygen atoms in total. The quantitative estimate of drug-likeness (QED) is 0.735. The van der Waals surface area contributed by atoms with E-state index < -0.39 is 6.61 Å². The second kappa shape index (κ2) is 6.53. The standard InChI is InChI=1S/C13H10BrClF2N2O2/c1-6-10(14)11(15)19-12(18-6)7-3-4-8(20-2)9(5-7)21-13(16)17/h3-5,13H,1-2H3. The smallest absolute Gasteiger partial charge is 0.387 e. The normalized spacial score (nSPS) is 10.8. The number of halogens is 4. The monoisotopic (exact) mass is 378 g/mol. The summed E-state index contributed by atoms with van der Waals surface area (Å²) in [5.74, 6) is 0.409. The van der Waals surface area contributed by atoms with E-state index in [1.54, 1.807) is 13.0 Å². The number of aryl methyl sites for hydroxylation is 1. The Hall–Kier alpha value is -1.47. The van der Waals surface area contributed by atoms with Crippen molar-refractivity contribution in [3.63, 3.8) is 0 Å². The highest BCUT2D eigenvalue weighted by Crippen LogP contribution is 2.34. The number of ether oxygens (including phenoxy) is 2. The summed E-state index contributed by atoms with van der Waals surface area (Å²) in [6.45, 7) is -1.20. The van der Waals surface area contributed by atoms with Crippen molar-refractivity contribution in [1.29, 1.82) is 0 Å². The molecular weight excluding hydrogens is 370 g/mol. The highest BCUT2D eigenvalue weighted by Gasteiger charge is 2.15. The molecule has 0 unspecified atom stereocenters. The molecule has 0 spiro atoms. The molecule has 112 valence electrons. The van der Waals surface area contributed by atoms with Crippen molar-refractivity contribution < 1.29 is 18.3 Å². The van der Waals surface area contributed by atoms with Crippen molar-refractivity contribution in [3.05, 3.63) is 33.5 Å². The summed E-state index contributed by atoms with van der Waals surface area (Å²) in [5.41, 5.74) is 1.13. The first kappa shape index (κ1) is 15.9. The summed E-state index contributed by atoms with van der Waals surface area (Å²) in [6, 6.07) is 4.52. The third-order valence-electron chi connectivity index (χ3n) is 2.61. The van der Waals surface area contributed by atoms with Crippen LogP contribution in [-0.2, 0) is 0 Å². The number of hydrogen-bond donors (Lipinski definition) is 0. The van der Waals surface area contributed by atoms with E-state index in [0.29, 0.717) is 21.6 Å². The van der Waals surface area contributed by atoms with Crippen molar-refractivity contribution >= 4 is 27.5 Å². The van der Waals surface area contributed by atoms with Crippen LogP contribution in [0.1, 0.15) is 5.69 Å². The van der Waals surface area contributed by atoms with Crippen molar-refractivity contribution in [3.8, 4) is 22.9 Å². The molecule has 1 heterocycles. The Morgan fingerprint density at radius 3 is 2.52 bits per heavy atom. The van der Waals surface area contributed by atoms with Crippen molar-refractivity contribution in [2.45, 2.75) is 13.5 Å². The van der Waals surface area contributed by atoms with Crippen LogP contribution in [0.2, 0.25) is 5.15 Å². The minimum atomic E-state index is -2.95. The van der Waals surface area contributed by atoms with E-state index in [-0.39, 0.29) is 16.7 Å². The van der Waals surface area contributed by atoms with E-state index in [2.05, 4.69) is 30.6 Å². The molecule has 2 aromatic rings. The Bertz CT molecular complexity index is 648. The molecule has 0 radical (unpaired) electrons. The molecule has 0 saturated heterocycles.